The molecule has 7 nitrogen and oxygen atoms in total. The Bertz CT molecular complexity index is 743. The lowest BCUT2D eigenvalue weighted by atomic mass is 10.2. The van der Waals surface area contributed by atoms with Gasteiger partial charge in [-0.3, -0.25) is 4.99 Å². The summed E-state index contributed by atoms with van der Waals surface area (Å²) in [6, 6.07) is 8.05. The number of furan rings is 1. The first-order valence-electron chi connectivity index (χ1n) is 9.64. The zero-order valence-electron chi connectivity index (χ0n) is 16.8. The molecule has 1 saturated carbocycles. The quantitative estimate of drug-likeness (QED) is 0.529. The number of aliphatic imine (C=N–C) groups is 1. The van der Waals surface area contributed by atoms with Gasteiger partial charge >= 0.3 is 0 Å². The molecular formula is C21H29N3O4. The molecule has 7 heteroatoms. The van der Waals surface area contributed by atoms with Gasteiger partial charge in [-0.1, -0.05) is 12.8 Å². The van der Waals surface area contributed by atoms with Crippen molar-refractivity contribution in [3.05, 3.63) is 36.3 Å². The minimum absolute atomic E-state index is 0.442. The molecule has 152 valence electrons. The van der Waals surface area contributed by atoms with Crippen LogP contribution in [0.1, 0.15) is 31.4 Å². The van der Waals surface area contributed by atoms with Crippen molar-refractivity contribution in [2.45, 2.75) is 38.1 Å². The average molecular weight is 387 g/mol. The molecule has 0 amide bonds. The highest BCUT2D eigenvalue weighted by molar-refractivity contribution is 5.94. The first-order chi connectivity index (χ1) is 13.7. The number of nitrogens with one attached hydrogen (secondary N) is 2. The van der Waals surface area contributed by atoms with Crippen LogP contribution in [-0.2, 0) is 6.42 Å². The summed E-state index contributed by atoms with van der Waals surface area (Å²) >= 11 is 0. The number of anilines is 1. The standard InChI is InChI=1S/C21H29N3O4/c1-25-18-13-16(14-19(26-2)20(18)27-3)24-21(23-15-7-4-5-8-15)22-11-10-17-9-6-12-28-17/h6,9,12-15H,4-5,7-8,10-11H2,1-3H3,(H2,22,23,24). The fraction of sp³-hybridized carbons (Fsp3) is 0.476. The second-order valence-corrected chi connectivity index (χ2v) is 6.72. The SMILES string of the molecule is COc1cc(NC(=NCCc2ccco2)NC2CCCC2)cc(OC)c1OC. The molecule has 0 aliphatic heterocycles. The van der Waals surface area contributed by atoms with Crippen LogP contribution >= 0.6 is 0 Å². The molecule has 1 aliphatic rings. The van der Waals surface area contributed by atoms with Crippen molar-refractivity contribution in [2.24, 2.45) is 4.99 Å². The number of rotatable bonds is 8. The van der Waals surface area contributed by atoms with Crippen molar-refractivity contribution >= 4 is 11.6 Å². The van der Waals surface area contributed by atoms with Crippen LogP contribution in [0.2, 0.25) is 0 Å². The predicted octanol–water partition coefficient (Wildman–Crippen LogP) is 3.85. The third kappa shape index (κ3) is 5.12. The average Bonchev–Trinajstić information content (AvgIpc) is 3.41. The Morgan fingerprint density at radius 1 is 1.11 bits per heavy atom. The van der Waals surface area contributed by atoms with E-state index in [4.69, 9.17) is 23.6 Å². The maximum atomic E-state index is 5.45. The number of guanidine groups is 1. The van der Waals surface area contributed by atoms with Gasteiger partial charge in [0.05, 0.1) is 27.6 Å². The normalized spacial score (nSPS) is 14.8. The monoisotopic (exact) mass is 387 g/mol. The van der Waals surface area contributed by atoms with Crippen LogP contribution in [0.3, 0.4) is 0 Å². The first kappa shape index (κ1) is 19.9. The first-order valence-corrected chi connectivity index (χ1v) is 9.64. The van der Waals surface area contributed by atoms with Crippen molar-refractivity contribution < 1.29 is 18.6 Å². The summed E-state index contributed by atoms with van der Waals surface area (Å²) in [6.45, 7) is 0.625. The summed E-state index contributed by atoms with van der Waals surface area (Å²) in [7, 11) is 4.81. The maximum absolute atomic E-state index is 5.45. The topological polar surface area (TPSA) is 77.2 Å². The smallest absolute Gasteiger partial charge is 0.203 e. The van der Waals surface area contributed by atoms with E-state index in [0.29, 0.717) is 29.8 Å². The van der Waals surface area contributed by atoms with Gasteiger partial charge in [0.1, 0.15) is 5.76 Å². The van der Waals surface area contributed by atoms with Gasteiger partial charge in [-0.15, -0.1) is 0 Å². The molecule has 1 heterocycles. The fourth-order valence-corrected chi connectivity index (χ4v) is 3.41. The summed E-state index contributed by atoms with van der Waals surface area (Å²) in [5.41, 5.74) is 0.816. The molecule has 1 aliphatic carbocycles. The van der Waals surface area contributed by atoms with Crippen LogP contribution in [0, 0.1) is 0 Å². The lowest BCUT2D eigenvalue weighted by Gasteiger charge is -2.19. The Morgan fingerprint density at radius 2 is 1.82 bits per heavy atom. The molecule has 1 fully saturated rings. The molecule has 0 saturated heterocycles. The molecule has 0 atom stereocenters. The van der Waals surface area contributed by atoms with Crippen LogP contribution in [0.25, 0.3) is 0 Å². The van der Waals surface area contributed by atoms with E-state index in [0.717, 1.165) is 36.7 Å². The Morgan fingerprint density at radius 3 is 2.39 bits per heavy atom. The number of hydrogen-bond acceptors (Lipinski definition) is 5. The molecule has 28 heavy (non-hydrogen) atoms. The predicted molar refractivity (Wildman–Crippen MR) is 110 cm³/mol. The van der Waals surface area contributed by atoms with Gasteiger partial charge in [0.2, 0.25) is 5.75 Å². The molecule has 0 spiro atoms. The van der Waals surface area contributed by atoms with E-state index in [1.165, 1.54) is 12.8 Å². The lowest BCUT2D eigenvalue weighted by Crippen LogP contribution is -2.38. The second-order valence-electron chi connectivity index (χ2n) is 6.72. The van der Waals surface area contributed by atoms with Crippen LogP contribution in [0.15, 0.2) is 39.9 Å². The van der Waals surface area contributed by atoms with E-state index < -0.39 is 0 Å². The number of benzene rings is 1. The molecule has 1 aromatic heterocycles. The van der Waals surface area contributed by atoms with Gasteiger partial charge in [-0.25, -0.2) is 0 Å². The van der Waals surface area contributed by atoms with E-state index in [1.807, 2.05) is 24.3 Å². The molecule has 3 rings (SSSR count). The summed E-state index contributed by atoms with van der Waals surface area (Å²) in [5.74, 6) is 3.43. The van der Waals surface area contributed by atoms with Crippen molar-refractivity contribution in [1.82, 2.24) is 5.32 Å². The van der Waals surface area contributed by atoms with Gasteiger partial charge in [-0.2, -0.15) is 0 Å². The minimum atomic E-state index is 0.442. The zero-order valence-corrected chi connectivity index (χ0v) is 16.8. The van der Waals surface area contributed by atoms with Crippen LogP contribution in [0.5, 0.6) is 17.2 Å². The Kier molecular flexibility index (Phi) is 7.06. The van der Waals surface area contributed by atoms with Crippen molar-refractivity contribution in [3.63, 3.8) is 0 Å². The number of nitrogens with zero attached hydrogens (tertiary/aromatic N) is 1. The van der Waals surface area contributed by atoms with Gasteiger partial charge in [0, 0.05) is 36.8 Å². The van der Waals surface area contributed by atoms with Crippen LogP contribution in [-0.4, -0.2) is 39.9 Å². The molecule has 0 unspecified atom stereocenters. The highest BCUT2D eigenvalue weighted by Crippen LogP contribution is 2.39. The van der Waals surface area contributed by atoms with Gasteiger partial charge in [-0.05, 0) is 25.0 Å². The molecular weight excluding hydrogens is 358 g/mol. The molecule has 2 N–H and O–H groups in total. The highest BCUT2D eigenvalue weighted by Gasteiger charge is 2.18. The molecule has 0 radical (unpaired) electrons. The number of ether oxygens (including phenoxy) is 3. The third-order valence-electron chi connectivity index (χ3n) is 4.83. The highest BCUT2D eigenvalue weighted by atomic mass is 16.5. The second kappa shape index (κ2) is 9.92. The molecule has 1 aromatic carbocycles. The molecule has 0 bridgehead atoms. The Hall–Kier alpha value is -2.83. The minimum Gasteiger partial charge on any atom is -0.493 e. The van der Waals surface area contributed by atoms with Gasteiger partial charge in [0.25, 0.3) is 0 Å². The Labute approximate surface area is 166 Å². The van der Waals surface area contributed by atoms with Crippen LogP contribution in [0.4, 0.5) is 5.69 Å². The van der Waals surface area contributed by atoms with E-state index in [1.54, 1.807) is 27.6 Å². The molecule has 2 aromatic rings. The summed E-state index contributed by atoms with van der Waals surface area (Å²) in [5, 5.41) is 6.92. The van der Waals surface area contributed by atoms with E-state index in [2.05, 4.69) is 10.6 Å². The number of hydrogen-bond donors (Lipinski definition) is 2. The largest absolute Gasteiger partial charge is 0.493 e. The third-order valence-corrected chi connectivity index (χ3v) is 4.83. The van der Waals surface area contributed by atoms with Crippen LogP contribution < -0.4 is 24.8 Å². The van der Waals surface area contributed by atoms with E-state index in [9.17, 15) is 0 Å². The van der Waals surface area contributed by atoms with Crippen molar-refractivity contribution in [2.75, 3.05) is 33.2 Å². The lowest BCUT2D eigenvalue weighted by molar-refractivity contribution is 0.324. The summed E-state index contributed by atoms with van der Waals surface area (Å²) in [4.78, 5) is 4.73. The van der Waals surface area contributed by atoms with E-state index in [-0.39, 0.29) is 0 Å². The maximum Gasteiger partial charge on any atom is 0.203 e. The zero-order chi connectivity index (χ0) is 19.8. The van der Waals surface area contributed by atoms with Crippen molar-refractivity contribution in [1.29, 1.82) is 0 Å². The van der Waals surface area contributed by atoms with Gasteiger partial charge in [0.15, 0.2) is 17.5 Å². The number of methoxy groups -OCH3 is 3. The summed E-state index contributed by atoms with van der Waals surface area (Å²) < 4.78 is 21.7. The Balaban J connectivity index is 1.77. The van der Waals surface area contributed by atoms with Gasteiger partial charge < -0.3 is 29.3 Å². The summed E-state index contributed by atoms with van der Waals surface area (Å²) in [6.07, 6.45) is 7.26. The fourth-order valence-electron chi connectivity index (χ4n) is 3.41. The van der Waals surface area contributed by atoms with Crippen molar-refractivity contribution in [3.8, 4) is 17.2 Å². The van der Waals surface area contributed by atoms with E-state index >= 15 is 0 Å².